The summed E-state index contributed by atoms with van der Waals surface area (Å²) in [6.07, 6.45) is 0.491. The van der Waals surface area contributed by atoms with Gasteiger partial charge in [-0.15, -0.1) is 0 Å². The number of anilines is 2. The zero-order chi connectivity index (χ0) is 14.0. The number of thioether (sulfide) groups is 1. The lowest BCUT2D eigenvalue weighted by Gasteiger charge is -2.19. The Labute approximate surface area is 130 Å². The lowest BCUT2D eigenvalue weighted by molar-refractivity contribution is -0.117. The summed E-state index contributed by atoms with van der Waals surface area (Å²) < 4.78 is 1.05. The van der Waals surface area contributed by atoms with Crippen LogP contribution in [-0.4, -0.2) is 23.3 Å². The molecule has 1 aromatic rings. The van der Waals surface area contributed by atoms with Gasteiger partial charge in [-0.2, -0.15) is 0 Å². The van der Waals surface area contributed by atoms with Crippen LogP contribution in [-0.2, 0) is 9.59 Å². The van der Waals surface area contributed by atoms with Crippen molar-refractivity contribution in [2.45, 2.75) is 13.3 Å². The van der Waals surface area contributed by atoms with Crippen LogP contribution in [0.3, 0.4) is 0 Å². The third-order valence-corrected chi connectivity index (χ3v) is 4.73. The van der Waals surface area contributed by atoms with Crippen molar-refractivity contribution in [3.8, 4) is 0 Å². The number of halogens is 1. The molecule has 19 heavy (non-hydrogen) atoms. The van der Waals surface area contributed by atoms with E-state index in [0.29, 0.717) is 24.4 Å². The average molecular weight is 390 g/mol. The topological polar surface area (TPSA) is 63.4 Å². The van der Waals surface area contributed by atoms with E-state index in [4.69, 9.17) is 5.73 Å². The van der Waals surface area contributed by atoms with Crippen molar-refractivity contribution in [2.24, 2.45) is 5.92 Å². The summed E-state index contributed by atoms with van der Waals surface area (Å²) in [6, 6.07) is 5.67. The van der Waals surface area contributed by atoms with Crippen molar-refractivity contribution in [2.75, 3.05) is 22.9 Å². The zero-order valence-electron chi connectivity index (χ0n) is 10.6. The van der Waals surface area contributed by atoms with Gasteiger partial charge in [0.05, 0.1) is 11.4 Å². The van der Waals surface area contributed by atoms with Crippen molar-refractivity contribution in [1.82, 2.24) is 0 Å². The number of nitrogens with two attached hydrogens (primary N) is 1. The first-order valence-corrected chi connectivity index (χ1v) is 8.02. The summed E-state index contributed by atoms with van der Waals surface area (Å²) >= 11 is 3.49. The molecule has 1 aromatic carbocycles. The summed E-state index contributed by atoms with van der Waals surface area (Å²) in [5, 5.41) is 0.0969. The molecule has 1 amide bonds. The van der Waals surface area contributed by atoms with Crippen molar-refractivity contribution >= 4 is 56.7 Å². The molecule has 1 aliphatic rings. The number of benzene rings is 1. The first-order valence-electron chi connectivity index (χ1n) is 5.96. The molecule has 2 N–H and O–H groups in total. The molecule has 0 bridgehead atoms. The van der Waals surface area contributed by atoms with Gasteiger partial charge in [-0.25, -0.2) is 0 Å². The van der Waals surface area contributed by atoms with Gasteiger partial charge in [-0.3, -0.25) is 9.59 Å². The predicted octanol–water partition coefficient (Wildman–Crippen LogP) is 2.51. The van der Waals surface area contributed by atoms with E-state index >= 15 is 0 Å². The molecule has 0 aliphatic carbocycles. The fraction of sp³-hybridized carbons (Fsp3) is 0.385. The molecule has 1 aliphatic heterocycles. The zero-order valence-corrected chi connectivity index (χ0v) is 13.5. The average Bonchev–Trinajstić information content (AvgIpc) is 2.71. The van der Waals surface area contributed by atoms with Gasteiger partial charge in [-0.05, 0) is 46.7 Å². The van der Waals surface area contributed by atoms with E-state index in [0.717, 1.165) is 9.26 Å². The Kier molecular flexibility index (Phi) is 4.72. The van der Waals surface area contributed by atoms with E-state index in [1.807, 2.05) is 18.2 Å². The van der Waals surface area contributed by atoms with Gasteiger partial charge in [0.2, 0.25) is 5.91 Å². The Balaban J connectivity index is 2.11. The highest BCUT2D eigenvalue weighted by Gasteiger charge is 2.31. The molecule has 4 nitrogen and oxygen atoms in total. The highest BCUT2D eigenvalue weighted by Crippen LogP contribution is 2.32. The minimum Gasteiger partial charge on any atom is -0.397 e. The quantitative estimate of drug-likeness (QED) is 0.637. The smallest absolute Gasteiger partial charge is 0.227 e. The Bertz CT molecular complexity index is 521. The number of nitrogens with zero attached hydrogens (tertiary/aromatic N) is 1. The monoisotopic (exact) mass is 390 g/mol. The van der Waals surface area contributed by atoms with Gasteiger partial charge in [0.1, 0.15) is 0 Å². The van der Waals surface area contributed by atoms with Gasteiger partial charge in [0.25, 0.3) is 0 Å². The second-order valence-electron chi connectivity index (χ2n) is 4.58. The van der Waals surface area contributed by atoms with E-state index in [-0.39, 0.29) is 16.9 Å². The Morgan fingerprint density at radius 1 is 1.58 bits per heavy atom. The molecule has 6 heteroatoms. The molecule has 2 rings (SSSR count). The van der Waals surface area contributed by atoms with Crippen molar-refractivity contribution in [3.63, 3.8) is 0 Å². The van der Waals surface area contributed by atoms with Crippen LogP contribution in [0.5, 0.6) is 0 Å². The fourth-order valence-electron chi connectivity index (χ4n) is 2.11. The molecule has 1 heterocycles. The number of rotatable bonds is 3. The molecular formula is C13H15IN2O2S. The highest BCUT2D eigenvalue weighted by atomic mass is 127. The second-order valence-corrected chi connectivity index (χ2v) is 7.02. The van der Waals surface area contributed by atoms with Crippen molar-refractivity contribution in [1.29, 1.82) is 0 Å². The second kappa shape index (κ2) is 6.13. The largest absolute Gasteiger partial charge is 0.397 e. The van der Waals surface area contributed by atoms with Gasteiger partial charge in [0, 0.05) is 29.2 Å². The van der Waals surface area contributed by atoms with Gasteiger partial charge < -0.3 is 10.6 Å². The Morgan fingerprint density at radius 3 is 3.00 bits per heavy atom. The molecule has 1 unspecified atom stereocenters. The summed E-state index contributed by atoms with van der Waals surface area (Å²) in [4.78, 5) is 24.8. The molecule has 0 radical (unpaired) electrons. The number of carbonyl (C=O) groups excluding carboxylic acids is 2. The number of carbonyl (C=O) groups is 2. The first kappa shape index (κ1) is 14.6. The third kappa shape index (κ3) is 3.62. The maximum absolute atomic E-state index is 12.1. The Morgan fingerprint density at radius 2 is 2.32 bits per heavy atom. The normalized spacial score (nSPS) is 18.9. The van der Waals surface area contributed by atoms with Crippen LogP contribution in [0.1, 0.15) is 13.3 Å². The van der Waals surface area contributed by atoms with Crippen LogP contribution >= 0.6 is 34.4 Å². The van der Waals surface area contributed by atoms with Crippen LogP contribution in [0.15, 0.2) is 18.2 Å². The maximum Gasteiger partial charge on any atom is 0.227 e. The van der Waals surface area contributed by atoms with E-state index < -0.39 is 0 Å². The molecule has 0 spiro atoms. The minimum atomic E-state index is 0.0860. The van der Waals surface area contributed by atoms with Crippen LogP contribution in [0, 0.1) is 9.49 Å². The van der Waals surface area contributed by atoms with Gasteiger partial charge in [-0.1, -0.05) is 11.8 Å². The minimum absolute atomic E-state index is 0.0860. The Hall–Kier alpha value is -0.760. The molecule has 0 aromatic heterocycles. The van der Waals surface area contributed by atoms with Crippen LogP contribution in [0.25, 0.3) is 0 Å². The van der Waals surface area contributed by atoms with E-state index in [1.54, 1.807) is 11.8 Å². The first-order chi connectivity index (χ1) is 8.97. The standard InChI is InChI=1S/C13H15IN2O2S/c1-8(17)19-7-9-4-13(18)16(6-9)12-5-10(14)2-3-11(12)15/h2-3,5,9H,4,6-7,15H2,1H3. The predicted molar refractivity (Wildman–Crippen MR) is 87.2 cm³/mol. The molecule has 1 fully saturated rings. The summed E-state index contributed by atoms with van der Waals surface area (Å²) in [5.41, 5.74) is 7.35. The summed E-state index contributed by atoms with van der Waals surface area (Å²) in [5.74, 6) is 1.00. The van der Waals surface area contributed by atoms with Crippen LogP contribution in [0.4, 0.5) is 11.4 Å². The summed E-state index contributed by atoms with van der Waals surface area (Å²) in [7, 11) is 0. The fourth-order valence-corrected chi connectivity index (χ4v) is 3.28. The van der Waals surface area contributed by atoms with E-state index in [9.17, 15) is 9.59 Å². The van der Waals surface area contributed by atoms with Crippen molar-refractivity contribution in [3.05, 3.63) is 21.8 Å². The van der Waals surface area contributed by atoms with Crippen LogP contribution < -0.4 is 10.6 Å². The summed E-state index contributed by atoms with van der Waals surface area (Å²) in [6.45, 7) is 2.19. The number of hydrogen-bond donors (Lipinski definition) is 1. The van der Waals surface area contributed by atoms with Crippen molar-refractivity contribution < 1.29 is 9.59 Å². The lowest BCUT2D eigenvalue weighted by Crippen LogP contribution is -2.25. The number of amides is 1. The lowest BCUT2D eigenvalue weighted by atomic mass is 10.1. The molecule has 102 valence electrons. The molecule has 0 saturated carbocycles. The third-order valence-electron chi connectivity index (χ3n) is 3.01. The van der Waals surface area contributed by atoms with E-state index in [1.165, 1.54) is 11.8 Å². The molecule has 1 atom stereocenters. The van der Waals surface area contributed by atoms with Gasteiger partial charge in [0.15, 0.2) is 5.12 Å². The highest BCUT2D eigenvalue weighted by molar-refractivity contribution is 14.1. The number of hydrogen-bond acceptors (Lipinski definition) is 4. The number of nitrogen functional groups attached to an aromatic ring is 1. The maximum atomic E-state index is 12.1. The van der Waals surface area contributed by atoms with Gasteiger partial charge >= 0.3 is 0 Å². The molecular weight excluding hydrogens is 375 g/mol. The molecule has 1 saturated heterocycles. The SMILES string of the molecule is CC(=O)SCC1CC(=O)N(c2cc(I)ccc2N)C1. The van der Waals surface area contributed by atoms with E-state index in [2.05, 4.69) is 22.6 Å². The van der Waals surface area contributed by atoms with Crippen LogP contribution in [0.2, 0.25) is 0 Å².